The fourth-order valence-electron chi connectivity index (χ4n) is 4.08. The highest BCUT2D eigenvalue weighted by Gasteiger charge is 2.42. The first-order valence-corrected chi connectivity index (χ1v) is 9.98. The first kappa shape index (κ1) is 20.0. The Hall–Kier alpha value is -1.79. The Morgan fingerprint density at radius 1 is 1.33 bits per heavy atom. The van der Waals surface area contributed by atoms with E-state index < -0.39 is 0 Å². The van der Waals surface area contributed by atoms with Gasteiger partial charge in [0.15, 0.2) is 5.96 Å². The van der Waals surface area contributed by atoms with E-state index in [0.29, 0.717) is 5.41 Å². The highest BCUT2D eigenvalue weighted by atomic mass is 16.5. The van der Waals surface area contributed by atoms with Crippen LogP contribution in [0.2, 0.25) is 0 Å². The number of likely N-dealkylation sites (N-methyl/N-ethyl adjacent to an activating group) is 1. The van der Waals surface area contributed by atoms with Crippen molar-refractivity contribution >= 4 is 5.96 Å². The molecule has 1 aromatic carbocycles. The molecule has 2 unspecified atom stereocenters. The van der Waals surface area contributed by atoms with E-state index in [1.807, 2.05) is 12.1 Å². The minimum atomic E-state index is 0.232. The number of hydrogen-bond acceptors (Lipinski definition) is 4. The monoisotopic (exact) mass is 374 g/mol. The number of hydrogen-bond donors (Lipinski definition) is 1. The van der Waals surface area contributed by atoms with Crippen molar-refractivity contribution in [2.45, 2.75) is 25.8 Å². The van der Waals surface area contributed by atoms with Gasteiger partial charge in [0.2, 0.25) is 0 Å². The molecule has 2 aliphatic rings. The third-order valence-electron chi connectivity index (χ3n) is 5.80. The summed E-state index contributed by atoms with van der Waals surface area (Å²) in [7, 11) is 5.92. The molecule has 0 aromatic heterocycles. The first-order valence-electron chi connectivity index (χ1n) is 9.98. The van der Waals surface area contributed by atoms with Crippen LogP contribution >= 0.6 is 0 Å². The molecule has 1 spiro atoms. The van der Waals surface area contributed by atoms with Crippen LogP contribution < -0.4 is 10.1 Å². The van der Waals surface area contributed by atoms with Crippen LogP contribution in [0.5, 0.6) is 5.75 Å². The van der Waals surface area contributed by atoms with Gasteiger partial charge >= 0.3 is 0 Å². The quantitative estimate of drug-likeness (QED) is 0.612. The molecule has 0 aliphatic carbocycles. The molecule has 2 aliphatic heterocycles. The summed E-state index contributed by atoms with van der Waals surface area (Å²) in [5.41, 5.74) is 1.59. The number of aliphatic imine (C=N–C) groups is 1. The zero-order valence-electron chi connectivity index (χ0n) is 17.2. The summed E-state index contributed by atoms with van der Waals surface area (Å²) in [5, 5.41) is 3.49. The van der Waals surface area contributed by atoms with E-state index in [1.165, 1.54) is 18.4 Å². The molecule has 3 rings (SSSR count). The number of nitrogens with one attached hydrogen (secondary N) is 1. The summed E-state index contributed by atoms with van der Waals surface area (Å²) in [4.78, 5) is 9.65. The average Bonchev–Trinajstić information content (AvgIpc) is 3.31. The second kappa shape index (κ2) is 8.93. The normalized spacial score (nSPS) is 24.0. The standard InChI is InChI=1S/C21H34N4O2/c1-5-22-20(25-12-10-21(15-25)11-13-27-16-21)23-14-19(24(2)3)17-6-8-18(26-4)9-7-17/h6-9,19H,5,10-16H2,1-4H3,(H,22,23). The number of likely N-dealkylation sites (tertiary alicyclic amines) is 1. The first-order chi connectivity index (χ1) is 13.1. The van der Waals surface area contributed by atoms with Gasteiger partial charge in [-0.25, -0.2) is 0 Å². The Balaban J connectivity index is 1.71. The molecule has 2 atom stereocenters. The number of nitrogens with zero attached hydrogens (tertiary/aromatic N) is 3. The summed E-state index contributed by atoms with van der Waals surface area (Å²) in [5.74, 6) is 1.91. The molecule has 2 saturated heterocycles. The SMILES string of the molecule is CCNC(=NCC(c1ccc(OC)cc1)N(C)C)N1CCC2(CCOC2)C1. The fraction of sp³-hybridized carbons (Fsp3) is 0.667. The van der Waals surface area contributed by atoms with Crippen LogP contribution in [0.15, 0.2) is 29.3 Å². The summed E-state index contributed by atoms with van der Waals surface area (Å²) < 4.78 is 11.0. The summed E-state index contributed by atoms with van der Waals surface area (Å²) in [6.45, 7) is 7.65. The predicted octanol–water partition coefficient (Wildman–Crippen LogP) is 2.38. The highest BCUT2D eigenvalue weighted by Crippen LogP contribution is 2.38. The van der Waals surface area contributed by atoms with Gasteiger partial charge < -0.3 is 24.6 Å². The topological polar surface area (TPSA) is 49.3 Å². The second-order valence-electron chi connectivity index (χ2n) is 7.92. The lowest BCUT2D eigenvalue weighted by molar-refractivity contribution is 0.156. The smallest absolute Gasteiger partial charge is 0.194 e. The van der Waals surface area contributed by atoms with E-state index >= 15 is 0 Å². The van der Waals surface area contributed by atoms with E-state index in [2.05, 4.69) is 48.3 Å². The van der Waals surface area contributed by atoms with Gasteiger partial charge in [-0.05, 0) is 51.6 Å². The van der Waals surface area contributed by atoms with Crippen LogP contribution in [0.25, 0.3) is 0 Å². The number of methoxy groups -OCH3 is 1. The van der Waals surface area contributed by atoms with Crippen molar-refractivity contribution < 1.29 is 9.47 Å². The minimum absolute atomic E-state index is 0.232. The molecular formula is C21H34N4O2. The van der Waals surface area contributed by atoms with Crippen molar-refractivity contribution in [1.82, 2.24) is 15.1 Å². The molecule has 1 N–H and O–H groups in total. The Morgan fingerprint density at radius 3 is 2.70 bits per heavy atom. The maximum absolute atomic E-state index is 5.67. The lowest BCUT2D eigenvalue weighted by atomic mass is 9.87. The number of ether oxygens (including phenoxy) is 2. The zero-order chi connectivity index (χ0) is 19.3. The molecule has 0 saturated carbocycles. The third kappa shape index (κ3) is 4.74. The largest absolute Gasteiger partial charge is 0.497 e. The molecule has 0 bridgehead atoms. The van der Waals surface area contributed by atoms with Gasteiger partial charge in [0.05, 0.1) is 26.3 Å². The van der Waals surface area contributed by atoms with Gasteiger partial charge in [0.1, 0.15) is 5.75 Å². The van der Waals surface area contributed by atoms with Crippen LogP contribution in [0.4, 0.5) is 0 Å². The molecule has 0 amide bonds. The molecule has 150 valence electrons. The number of benzene rings is 1. The third-order valence-corrected chi connectivity index (χ3v) is 5.80. The summed E-state index contributed by atoms with van der Waals surface area (Å²) in [6.07, 6.45) is 2.38. The lowest BCUT2D eigenvalue weighted by Gasteiger charge is -2.27. The lowest BCUT2D eigenvalue weighted by Crippen LogP contribution is -2.42. The minimum Gasteiger partial charge on any atom is -0.497 e. The van der Waals surface area contributed by atoms with Crippen LogP contribution in [-0.4, -0.2) is 76.4 Å². The average molecular weight is 375 g/mol. The number of rotatable bonds is 6. The van der Waals surface area contributed by atoms with Gasteiger partial charge in [0.25, 0.3) is 0 Å². The summed E-state index contributed by atoms with van der Waals surface area (Å²) >= 11 is 0. The van der Waals surface area contributed by atoms with Crippen molar-refractivity contribution in [3.63, 3.8) is 0 Å². The molecule has 2 fully saturated rings. The van der Waals surface area contributed by atoms with Crippen molar-refractivity contribution in [2.24, 2.45) is 10.4 Å². The van der Waals surface area contributed by atoms with Gasteiger partial charge in [-0.1, -0.05) is 12.1 Å². The Bertz CT molecular complexity index is 624. The maximum Gasteiger partial charge on any atom is 0.194 e. The van der Waals surface area contributed by atoms with E-state index in [4.69, 9.17) is 14.5 Å². The summed E-state index contributed by atoms with van der Waals surface area (Å²) in [6, 6.07) is 8.53. The predicted molar refractivity (Wildman–Crippen MR) is 109 cm³/mol. The molecule has 6 nitrogen and oxygen atoms in total. The highest BCUT2D eigenvalue weighted by molar-refractivity contribution is 5.80. The Labute approximate surface area is 163 Å². The van der Waals surface area contributed by atoms with Crippen LogP contribution in [0.3, 0.4) is 0 Å². The zero-order valence-corrected chi connectivity index (χ0v) is 17.2. The van der Waals surface area contributed by atoms with Crippen LogP contribution in [-0.2, 0) is 4.74 Å². The second-order valence-corrected chi connectivity index (χ2v) is 7.92. The van der Waals surface area contributed by atoms with Gasteiger partial charge in [-0.15, -0.1) is 0 Å². The number of guanidine groups is 1. The van der Waals surface area contributed by atoms with Gasteiger partial charge in [-0.3, -0.25) is 4.99 Å². The fourth-order valence-corrected chi connectivity index (χ4v) is 4.08. The van der Waals surface area contributed by atoms with Crippen LogP contribution in [0, 0.1) is 5.41 Å². The molecule has 6 heteroatoms. The van der Waals surface area contributed by atoms with E-state index in [9.17, 15) is 0 Å². The van der Waals surface area contributed by atoms with E-state index in [0.717, 1.165) is 51.1 Å². The van der Waals surface area contributed by atoms with Crippen LogP contribution in [0.1, 0.15) is 31.4 Å². The van der Waals surface area contributed by atoms with E-state index in [1.54, 1.807) is 7.11 Å². The molecular weight excluding hydrogens is 340 g/mol. The molecule has 1 aromatic rings. The molecule has 2 heterocycles. The van der Waals surface area contributed by atoms with E-state index in [-0.39, 0.29) is 6.04 Å². The Kier molecular flexibility index (Phi) is 6.60. The van der Waals surface area contributed by atoms with Crippen molar-refractivity contribution in [1.29, 1.82) is 0 Å². The van der Waals surface area contributed by atoms with Gasteiger partial charge in [0, 0.05) is 31.7 Å². The van der Waals surface area contributed by atoms with Crippen molar-refractivity contribution in [3.8, 4) is 5.75 Å². The van der Waals surface area contributed by atoms with Crippen molar-refractivity contribution in [3.05, 3.63) is 29.8 Å². The Morgan fingerprint density at radius 2 is 2.11 bits per heavy atom. The van der Waals surface area contributed by atoms with Gasteiger partial charge in [-0.2, -0.15) is 0 Å². The van der Waals surface area contributed by atoms with Crippen molar-refractivity contribution in [2.75, 3.05) is 60.6 Å². The maximum atomic E-state index is 5.67. The molecule has 27 heavy (non-hydrogen) atoms. The molecule has 0 radical (unpaired) electrons.